The summed E-state index contributed by atoms with van der Waals surface area (Å²) < 4.78 is 16.8. The van der Waals surface area contributed by atoms with E-state index in [4.69, 9.17) is 14.2 Å². The first-order valence-electron chi connectivity index (χ1n) is 11.4. The molecule has 1 fully saturated rings. The highest BCUT2D eigenvalue weighted by Gasteiger charge is 2.47. The van der Waals surface area contributed by atoms with Gasteiger partial charge in [-0.1, -0.05) is 42.5 Å². The highest BCUT2D eigenvalue weighted by molar-refractivity contribution is 6.51. The quantitative estimate of drug-likeness (QED) is 0.278. The third-order valence-corrected chi connectivity index (χ3v) is 5.73. The first-order valence-corrected chi connectivity index (χ1v) is 11.4. The number of ketones is 1. The maximum Gasteiger partial charge on any atom is 0.300 e. The molecule has 1 N–H and O–H groups in total. The van der Waals surface area contributed by atoms with E-state index in [9.17, 15) is 14.7 Å². The van der Waals surface area contributed by atoms with Gasteiger partial charge in [0, 0.05) is 11.8 Å². The predicted molar refractivity (Wildman–Crippen MR) is 133 cm³/mol. The molecular weight excluding hydrogens is 446 g/mol. The van der Waals surface area contributed by atoms with Crippen molar-refractivity contribution >= 4 is 23.1 Å². The minimum absolute atomic E-state index is 0.0162. The summed E-state index contributed by atoms with van der Waals surface area (Å²) in [5, 5.41) is 11.3. The molecule has 0 saturated carbocycles. The summed E-state index contributed by atoms with van der Waals surface area (Å²) >= 11 is 0. The Morgan fingerprint density at radius 1 is 0.857 bits per heavy atom. The SMILES string of the molecule is CCOc1ccc(N2C(=O)C(=O)/C(=C(/O)c3ccccc3OC)C2c2ccccc2)cc1OCC. The Morgan fingerprint density at radius 3 is 2.20 bits per heavy atom. The number of carbonyl (C=O) groups is 2. The summed E-state index contributed by atoms with van der Waals surface area (Å²) in [6, 6.07) is 20.2. The van der Waals surface area contributed by atoms with Crippen LogP contribution in [0.4, 0.5) is 5.69 Å². The fourth-order valence-corrected chi connectivity index (χ4v) is 4.22. The zero-order valence-corrected chi connectivity index (χ0v) is 19.9. The van der Waals surface area contributed by atoms with Crippen molar-refractivity contribution in [1.29, 1.82) is 0 Å². The molecule has 4 rings (SSSR count). The van der Waals surface area contributed by atoms with Gasteiger partial charge in [-0.25, -0.2) is 0 Å². The number of carbonyl (C=O) groups excluding carboxylic acids is 2. The number of aliphatic hydroxyl groups is 1. The first kappa shape index (κ1) is 23.9. The third kappa shape index (κ3) is 4.45. The molecule has 1 unspecified atom stereocenters. The molecule has 1 amide bonds. The molecule has 0 aliphatic carbocycles. The zero-order valence-electron chi connectivity index (χ0n) is 19.9. The number of methoxy groups -OCH3 is 1. The molecule has 0 bridgehead atoms. The summed E-state index contributed by atoms with van der Waals surface area (Å²) in [5.74, 6) is -0.433. The number of amides is 1. The van der Waals surface area contributed by atoms with Gasteiger partial charge in [0.1, 0.15) is 11.5 Å². The van der Waals surface area contributed by atoms with Crippen molar-refractivity contribution in [2.24, 2.45) is 0 Å². The Kier molecular flexibility index (Phi) is 7.06. The van der Waals surface area contributed by atoms with Crippen molar-refractivity contribution in [2.45, 2.75) is 19.9 Å². The number of rotatable bonds is 8. The first-order chi connectivity index (χ1) is 17.0. The number of para-hydroxylation sites is 1. The van der Waals surface area contributed by atoms with Gasteiger partial charge in [0.25, 0.3) is 11.7 Å². The molecule has 35 heavy (non-hydrogen) atoms. The third-order valence-electron chi connectivity index (χ3n) is 5.73. The molecule has 1 saturated heterocycles. The highest BCUT2D eigenvalue weighted by Crippen LogP contribution is 2.44. The lowest BCUT2D eigenvalue weighted by atomic mass is 9.95. The standard InChI is InChI=1S/C28H27NO6/c1-4-34-22-16-15-19(17-23(22)35-5-2)29-25(18-11-7-6-8-12-18)24(27(31)28(29)32)26(30)20-13-9-10-14-21(20)33-3/h6-17,25,30H,4-5H2,1-3H3/b26-24+. The van der Waals surface area contributed by atoms with Gasteiger partial charge in [0.15, 0.2) is 11.5 Å². The molecule has 7 heteroatoms. The fourth-order valence-electron chi connectivity index (χ4n) is 4.22. The van der Waals surface area contributed by atoms with Gasteiger partial charge in [-0.2, -0.15) is 0 Å². The van der Waals surface area contributed by atoms with Crippen LogP contribution >= 0.6 is 0 Å². The molecule has 7 nitrogen and oxygen atoms in total. The number of aliphatic hydroxyl groups excluding tert-OH is 1. The summed E-state index contributed by atoms with van der Waals surface area (Å²) in [5.41, 5.74) is 1.44. The molecule has 1 aliphatic heterocycles. The molecule has 0 spiro atoms. The topological polar surface area (TPSA) is 85.3 Å². The highest BCUT2D eigenvalue weighted by atomic mass is 16.5. The van der Waals surface area contributed by atoms with E-state index in [1.807, 2.05) is 44.2 Å². The summed E-state index contributed by atoms with van der Waals surface area (Å²) in [4.78, 5) is 28.1. The van der Waals surface area contributed by atoms with Crippen LogP contribution in [-0.2, 0) is 9.59 Å². The van der Waals surface area contributed by atoms with Gasteiger partial charge >= 0.3 is 0 Å². The number of hydrogen-bond donors (Lipinski definition) is 1. The monoisotopic (exact) mass is 473 g/mol. The van der Waals surface area contributed by atoms with E-state index >= 15 is 0 Å². The molecule has 180 valence electrons. The molecule has 1 aliphatic rings. The smallest absolute Gasteiger partial charge is 0.300 e. The minimum atomic E-state index is -0.853. The molecule has 0 radical (unpaired) electrons. The number of hydrogen-bond acceptors (Lipinski definition) is 6. The van der Waals surface area contributed by atoms with Crippen LogP contribution in [-0.4, -0.2) is 37.1 Å². The van der Waals surface area contributed by atoms with Crippen molar-refractivity contribution in [3.05, 3.63) is 89.5 Å². The maximum absolute atomic E-state index is 13.4. The molecule has 1 atom stereocenters. The fraction of sp³-hybridized carbons (Fsp3) is 0.214. The summed E-state index contributed by atoms with van der Waals surface area (Å²) in [6.45, 7) is 4.58. The lowest BCUT2D eigenvalue weighted by Gasteiger charge is -2.26. The summed E-state index contributed by atoms with van der Waals surface area (Å²) in [6.07, 6.45) is 0. The molecular formula is C28H27NO6. The van der Waals surface area contributed by atoms with Crippen LogP contribution in [0.1, 0.15) is 31.0 Å². The largest absolute Gasteiger partial charge is 0.507 e. The van der Waals surface area contributed by atoms with E-state index in [-0.39, 0.29) is 11.3 Å². The van der Waals surface area contributed by atoms with Gasteiger partial charge in [0.2, 0.25) is 0 Å². The normalized spacial score (nSPS) is 16.9. The Hall–Kier alpha value is -4.26. The van der Waals surface area contributed by atoms with Crippen LogP contribution in [0.15, 0.2) is 78.4 Å². The van der Waals surface area contributed by atoms with E-state index < -0.39 is 17.7 Å². The average molecular weight is 474 g/mol. The van der Waals surface area contributed by atoms with Crippen LogP contribution in [0, 0.1) is 0 Å². The van der Waals surface area contributed by atoms with Gasteiger partial charge in [-0.15, -0.1) is 0 Å². The number of benzene rings is 3. The van der Waals surface area contributed by atoms with Crippen LogP contribution < -0.4 is 19.1 Å². The van der Waals surface area contributed by atoms with E-state index in [0.717, 1.165) is 0 Å². The second kappa shape index (κ2) is 10.3. The van der Waals surface area contributed by atoms with E-state index in [1.54, 1.807) is 42.5 Å². The molecule has 0 aromatic heterocycles. The van der Waals surface area contributed by atoms with Crippen LogP contribution in [0.2, 0.25) is 0 Å². The average Bonchev–Trinajstić information content (AvgIpc) is 3.15. The maximum atomic E-state index is 13.4. The van der Waals surface area contributed by atoms with Crippen LogP contribution in [0.25, 0.3) is 5.76 Å². The Bertz CT molecular complexity index is 1270. The van der Waals surface area contributed by atoms with Crippen LogP contribution in [0.5, 0.6) is 17.2 Å². The Morgan fingerprint density at radius 2 is 1.51 bits per heavy atom. The molecule has 3 aromatic carbocycles. The van der Waals surface area contributed by atoms with Crippen molar-refractivity contribution in [1.82, 2.24) is 0 Å². The minimum Gasteiger partial charge on any atom is -0.507 e. The van der Waals surface area contributed by atoms with Gasteiger partial charge in [-0.05, 0) is 43.7 Å². The Balaban J connectivity index is 1.93. The number of ether oxygens (including phenoxy) is 3. The van der Waals surface area contributed by atoms with Gasteiger partial charge < -0.3 is 19.3 Å². The van der Waals surface area contributed by atoms with Crippen LogP contribution in [0.3, 0.4) is 0 Å². The second-order valence-corrected chi connectivity index (χ2v) is 7.78. The van der Waals surface area contributed by atoms with E-state index in [1.165, 1.54) is 12.0 Å². The second-order valence-electron chi connectivity index (χ2n) is 7.78. The van der Waals surface area contributed by atoms with Crippen molar-refractivity contribution in [3.63, 3.8) is 0 Å². The van der Waals surface area contributed by atoms with Crippen molar-refractivity contribution in [2.75, 3.05) is 25.2 Å². The van der Waals surface area contributed by atoms with Crippen molar-refractivity contribution in [3.8, 4) is 17.2 Å². The predicted octanol–water partition coefficient (Wildman–Crippen LogP) is 5.12. The Labute approximate surface area is 204 Å². The van der Waals surface area contributed by atoms with Gasteiger partial charge in [0.05, 0.1) is 37.5 Å². The molecule has 1 heterocycles. The lowest BCUT2D eigenvalue weighted by molar-refractivity contribution is -0.132. The lowest BCUT2D eigenvalue weighted by Crippen LogP contribution is -2.29. The summed E-state index contributed by atoms with van der Waals surface area (Å²) in [7, 11) is 1.48. The van der Waals surface area contributed by atoms with Crippen molar-refractivity contribution < 1.29 is 28.9 Å². The number of Topliss-reactive ketones (excluding diaryl/α,β-unsaturated/α-hetero) is 1. The van der Waals surface area contributed by atoms with E-state index in [2.05, 4.69) is 0 Å². The molecule has 3 aromatic rings. The number of anilines is 1. The van der Waals surface area contributed by atoms with E-state index in [0.29, 0.717) is 47.3 Å². The zero-order chi connectivity index (χ0) is 24.9. The number of nitrogens with zero attached hydrogens (tertiary/aromatic N) is 1. The van der Waals surface area contributed by atoms with Gasteiger partial charge in [-0.3, -0.25) is 14.5 Å².